The van der Waals surface area contributed by atoms with Crippen LogP contribution in [-0.2, 0) is 21.4 Å². The van der Waals surface area contributed by atoms with Crippen molar-refractivity contribution in [2.24, 2.45) is 5.92 Å². The summed E-state index contributed by atoms with van der Waals surface area (Å²) in [6, 6.07) is 11.9. The average Bonchev–Trinajstić information content (AvgIpc) is 3.33. The summed E-state index contributed by atoms with van der Waals surface area (Å²) in [5.74, 6) is 0.0504. The van der Waals surface area contributed by atoms with Crippen molar-refractivity contribution >= 4 is 15.9 Å². The van der Waals surface area contributed by atoms with Gasteiger partial charge >= 0.3 is 0 Å². The summed E-state index contributed by atoms with van der Waals surface area (Å²) >= 11 is 0. The number of benzene rings is 2. The molecule has 2 heterocycles. The zero-order valence-corrected chi connectivity index (χ0v) is 19.4. The lowest BCUT2D eigenvalue weighted by Gasteiger charge is -2.31. The Balaban J connectivity index is 1.34. The van der Waals surface area contributed by atoms with Crippen LogP contribution in [-0.4, -0.2) is 48.5 Å². The van der Waals surface area contributed by atoms with Gasteiger partial charge in [0.05, 0.1) is 24.0 Å². The van der Waals surface area contributed by atoms with Crippen molar-refractivity contribution in [2.45, 2.75) is 31.2 Å². The van der Waals surface area contributed by atoms with Crippen LogP contribution in [0, 0.1) is 11.7 Å². The van der Waals surface area contributed by atoms with Gasteiger partial charge in [-0.15, -0.1) is 0 Å². The second-order valence-corrected chi connectivity index (χ2v) is 9.78. The number of hydrogen-bond acceptors (Lipinski definition) is 7. The van der Waals surface area contributed by atoms with Crippen LogP contribution in [0.3, 0.4) is 0 Å². The monoisotopic (exact) mass is 488 g/mol. The molecule has 0 saturated carbocycles. The average molecular weight is 489 g/mol. The Morgan fingerprint density at radius 3 is 2.65 bits per heavy atom. The number of halogens is 1. The van der Waals surface area contributed by atoms with Crippen LogP contribution >= 0.6 is 0 Å². The van der Waals surface area contributed by atoms with Gasteiger partial charge in [0.2, 0.25) is 27.6 Å². The highest BCUT2D eigenvalue weighted by molar-refractivity contribution is 7.89. The first-order valence-corrected chi connectivity index (χ1v) is 12.4. The summed E-state index contributed by atoms with van der Waals surface area (Å²) < 4.78 is 50.8. The second kappa shape index (κ2) is 10.3. The van der Waals surface area contributed by atoms with Crippen molar-refractivity contribution in [2.75, 3.05) is 19.7 Å². The van der Waals surface area contributed by atoms with E-state index in [-0.39, 0.29) is 29.8 Å². The number of amides is 1. The minimum atomic E-state index is -3.81. The number of piperidine rings is 1. The molecule has 9 nitrogen and oxygen atoms in total. The van der Waals surface area contributed by atoms with Crippen molar-refractivity contribution in [1.29, 1.82) is 0 Å². The number of rotatable bonds is 8. The molecule has 1 amide bonds. The van der Waals surface area contributed by atoms with E-state index in [1.54, 1.807) is 0 Å². The van der Waals surface area contributed by atoms with Crippen molar-refractivity contribution < 1.29 is 26.9 Å². The van der Waals surface area contributed by atoms with Crippen LogP contribution < -0.4 is 10.1 Å². The SMILES string of the molecule is CCOc1ccc(-c2noc(CNC(=O)C3CCCN(S(=O)(=O)c4ccc(F)cc4)C3)n2)cc1. The largest absolute Gasteiger partial charge is 0.494 e. The van der Waals surface area contributed by atoms with E-state index in [0.717, 1.165) is 23.4 Å². The van der Waals surface area contributed by atoms with Gasteiger partial charge in [-0.1, -0.05) is 5.16 Å². The number of carbonyl (C=O) groups is 1. The highest BCUT2D eigenvalue weighted by Crippen LogP contribution is 2.24. The summed E-state index contributed by atoms with van der Waals surface area (Å²) in [5.41, 5.74) is 0.749. The Morgan fingerprint density at radius 1 is 1.21 bits per heavy atom. The van der Waals surface area contributed by atoms with E-state index in [2.05, 4.69) is 15.5 Å². The number of sulfonamides is 1. The number of carbonyl (C=O) groups excluding carboxylic acids is 1. The molecule has 1 atom stereocenters. The highest BCUT2D eigenvalue weighted by atomic mass is 32.2. The molecule has 1 fully saturated rings. The Hall–Kier alpha value is -3.31. The fourth-order valence-electron chi connectivity index (χ4n) is 3.75. The summed E-state index contributed by atoms with van der Waals surface area (Å²) in [6.07, 6.45) is 1.10. The number of nitrogens with one attached hydrogen (secondary N) is 1. The molecule has 1 aliphatic heterocycles. The van der Waals surface area contributed by atoms with Gasteiger partial charge in [0.1, 0.15) is 11.6 Å². The molecular formula is C23H25FN4O5S. The first-order chi connectivity index (χ1) is 16.4. The predicted octanol–water partition coefficient (Wildman–Crippen LogP) is 2.99. The Bertz CT molecular complexity index is 1230. The van der Waals surface area contributed by atoms with E-state index >= 15 is 0 Å². The van der Waals surface area contributed by atoms with Gasteiger partial charge in [0.25, 0.3) is 0 Å². The van der Waals surface area contributed by atoms with Crippen molar-refractivity contribution in [3.63, 3.8) is 0 Å². The summed E-state index contributed by atoms with van der Waals surface area (Å²) in [7, 11) is -3.81. The van der Waals surface area contributed by atoms with Crippen LogP contribution in [0.1, 0.15) is 25.7 Å². The van der Waals surface area contributed by atoms with Gasteiger partial charge in [0, 0.05) is 18.7 Å². The minimum absolute atomic E-state index is 0.00244. The molecular weight excluding hydrogens is 463 g/mol. The summed E-state index contributed by atoms with van der Waals surface area (Å²) in [4.78, 5) is 17.0. The fraction of sp³-hybridized carbons (Fsp3) is 0.348. The third-order valence-electron chi connectivity index (χ3n) is 5.51. The molecule has 180 valence electrons. The zero-order valence-electron chi connectivity index (χ0n) is 18.6. The first kappa shape index (κ1) is 23.8. The molecule has 0 aliphatic carbocycles. The van der Waals surface area contributed by atoms with Crippen LogP contribution in [0.4, 0.5) is 4.39 Å². The van der Waals surface area contributed by atoms with Crippen LogP contribution in [0.15, 0.2) is 57.9 Å². The second-order valence-electron chi connectivity index (χ2n) is 7.84. The molecule has 2 aromatic carbocycles. The maximum Gasteiger partial charge on any atom is 0.246 e. The lowest BCUT2D eigenvalue weighted by molar-refractivity contribution is -0.126. The molecule has 0 radical (unpaired) electrons. The molecule has 1 aliphatic rings. The molecule has 34 heavy (non-hydrogen) atoms. The molecule has 4 rings (SSSR count). The molecule has 1 unspecified atom stereocenters. The summed E-state index contributed by atoms with van der Waals surface area (Å²) in [5, 5.41) is 6.70. The normalized spacial score (nSPS) is 16.8. The van der Waals surface area contributed by atoms with Crippen LogP contribution in [0.5, 0.6) is 5.75 Å². The minimum Gasteiger partial charge on any atom is -0.494 e. The fourth-order valence-corrected chi connectivity index (χ4v) is 5.27. The smallest absolute Gasteiger partial charge is 0.246 e. The standard InChI is InChI=1S/C23H25FN4O5S/c1-2-32-19-9-5-16(6-10-19)22-26-21(33-27-22)14-25-23(29)17-4-3-13-28(15-17)34(30,31)20-11-7-18(24)8-12-20/h5-12,17H,2-4,13-15H2,1H3,(H,25,29). The van der Waals surface area contributed by atoms with Gasteiger partial charge in [-0.3, -0.25) is 4.79 Å². The molecule has 1 aromatic heterocycles. The number of nitrogens with zero attached hydrogens (tertiary/aromatic N) is 3. The first-order valence-electron chi connectivity index (χ1n) is 11.0. The van der Waals surface area contributed by atoms with Crippen LogP contribution in [0.25, 0.3) is 11.4 Å². The third kappa shape index (κ3) is 5.42. The molecule has 1 saturated heterocycles. The summed E-state index contributed by atoms with van der Waals surface area (Å²) in [6.45, 7) is 2.86. The van der Waals surface area contributed by atoms with E-state index < -0.39 is 21.8 Å². The topological polar surface area (TPSA) is 115 Å². The van der Waals surface area contributed by atoms with E-state index in [4.69, 9.17) is 9.26 Å². The molecule has 3 aromatic rings. The van der Waals surface area contributed by atoms with E-state index in [9.17, 15) is 17.6 Å². The molecule has 0 bridgehead atoms. The molecule has 1 N–H and O–H groups in total. The molecule has 11 heteroatoms. The van der Waals surface area contributed by atoms with Crippen molar-refractivity contribution in [1.82, 2.24) is 19.8 Å². The van der Waals surface area contributed by atoms with Gasteiger partial charge in [-0.2, -0.15) is 9.29 Å². The van der Waals surface area contributed by atoms with Gasteiger partial charge in [0.15, 0.2) is 0 Å². The van der Waals surface area contributed by atoms with Gasteiger partial charge in [-0.05, 0) is 68.3 Å². The van der Waals surface area contributed by atoms with E-state index in [1.807, 2.05) is 31.2 Å². The number of aromatic nitrogens is 2. The van der Waals surface area contributed by atoms with Crippen molar-refractivity contribution in [3.05, 3.63) is 60.2 Å². The number of ether oxygens (including phenoxy) is 1. The van der Waals surface area contributed by atoms with E-state index in [1.165, 1.54) is 16.4 Å². The van der Waals surface area contributed by atoms with Crippen LogP contribution in [0.2, 0.25) is 0 Å². The highest BCUT2D eigenvalue weighted by Gasteiger charge is 2.33. The maximum atomic E-state index is 13.2. The Kier molecular flexibility index (Phi) is 7.23. The van der Waals surface area contributed by atoms with E-state index in [0.29, 0.717) is 31.8 Å². The molecule has 0 spiro atoms. The Labute approximate surface area is 197 Å². The zero-order chi connectivity index (χ0) is 24.1. The Morgan fingerprint density at radius 2 is 1.94 bits per heavy atom. The van der Waals surface area contributed by atoms with Gasteiger partial charge < -0.3 is 14.6 Å². The van der Waals surface area contributed by atoms with Gasteiger partial charge in [-0.25, -0.2) is 12.8 Å². The van der Waals surface area contributed by atoms with Crippen molar-refractivity contribution in [3.8, 4) is 17.1 Å². The third-order valence-corrected chi connectivity index (χ3v) is 7.39. The lowest BCUT2D eigenvalue weighted by atomic mass is 9.99. The lowest BCUT2D eigenvalue weighted by Crippen LogP contribution is -2.45. The maximum absolute atomic E-state index is 13.2. The quantitative estimate of drug-likeness (QED) is 0.518. The number of hydrogen-bond donors (Lipinski definition) is 1. The predicted molar refractivity (Wildman–Crippen MR) is 121 cm³/mol.